The molecule has 3 rings (SSSR count). The quantitative estimate of drug-likeness (QED) is 0.829. The first kappa shape index (κ1) is 11.4. The summed E-state index contributed by atoms with van der Waals surface area (Å²) in [6.07, 6.45) is 2.23. The van der Waals surface area contributed by atoms with E-state index in [4.69, 9.17) is 0 Å². The van der Waals surface area contributed by atoms with E-state index in [-0.39, 0.29) is 5.91 Å². The molecular formula is C14H14N2OS. The Labute approximate surface area is 110 Å². The van der Waals surface area contributed by atoms with Crippen molar-refractivity contribution < 1.29 is 4.79 Å². The molecule has 1 amide bonds. The second kappa shape index (κ2) is 4.90. The Balaban J connectivity index is 1.83. The molecule has 1 aliphatic rings. The first-order valence-corrected chi connectivity index (χ1v) is 7.03. The van der Waals surface area contributed by atoms with Gasteiger partial charge in [0.25, 0.3) is 5.91 Å². The lowest BCUT2D eigenvalue weighted by Gasteiger charge is -2.12. The average Bonchev–Trinajstić information content (AvgIpc) is 3.10. The first-order valence-electron chi connectivity index (χ1n) is 6.15. The lowest BCUT2D eigenvalue weighted by molar-refractivity contribution is 0.0788. The minimum atomic E-state index is 0.0749. The van der Waals surface area contributed by atoms with Crippen LogP contribution in [0.5, 0.6) is 0 Å². The Bertz CT molecular complexity index is 544. The van der Waals surface area contributed by atoms with E-state index in [0.717, 1.165) is 36.5 Å². The van der Waals surface area contributed by atoms with Gasteiger partial charge in [0.2, 0.25) is 0 Å². The van der Waals surface area contributed by atoms with E-state index in [2.05, 4.69) is 4.98 Å². The van der Waals surface area contributed by atoms with E-state index in [1.807, 2.05) is 40.6 Å². The lowest BCUT2D eigenvalue weighted by Crippen LogP contribution is -2.27. The number of aromatic nitrogens is 1. The fourth-order valence-corrected chi connectivity index (χ4v) is 2.97. The zero-order chi connectivity index (χ0) is 12.4. The number of hydrogen-bond donors (Lipinski definition) is 0. The lowest BCUT2D eigenvalue weighted by atomic mass is 10.2. The number of benzene rings is 1. The van der Waals surface area contributed by atoms with Crippen molar-refractivity contribution in [2.24, 2.45) is 0 Å². The molecule has 0 unspecified atom stereocenters. The normalized spacial score (nSPS) is 15.0. The molecule has 3 nitrogen and oxygen atoms in total. The van der Waals surface area contributed by atoms with Crippen molar-refractivity contribution in [3.8, 4) is 10.6 Å². The second-order valence-corrected chi connectivity index (χ2v) is 5.26. The van der Waals surface area contributed by atoms with Crippen molar-refractivity contribution in [1.29, 1.82) is 0 Å². The van der Waals surface area contributed by atoms with Gasteiger partial charge in [-0.25, -0.2) is 4.98 Å². The van der Waals surface area contributed by atoms with Crippen molar-refractivity contribution in [3.05, 3.63) is 41.4 Å². The smallest absolute Gasteiger partial charge is 0.273 e. The third kappa shape index (κ3) is 2.16. The highest BCUT2D eigenvalue weighted by molar-refractivity contribution is 7.13. The van der Waals surface area contributed by atoms with Crippen molar-refractivity contribution in [1.82, 2.24) is 9.88 Å². The molecule has 0 bridgehead atoms. The standard InChI is InChI=1S/C14H14N2OS/c17-14(16-8-4-5-9-16)12-10-18-13(15-12)11-6-2-1-3-7-11/h1-3,6-7,10H,4-5,8-9H2. The number of hydrogen-bond acceptors (Lipinski definition) is 3. The molecule has 1 fully saturated rings. The molecule has 0 spiro atoms. The Morgan fingerprint density at radius 1 is 1.17 bits per heavy atom. The van der Waals surface area contributed by atoms with Crippen molar-refractivity contribution in [3.63, 3.8) is 0 Å². The second-order valence-electron chi connectivity index (χ2n) is 4.40. The maximum Gasteiger partial charge on any atom is 0.273 e. The van der Waals surface area contributed by atoms with Gasteiger partial charge < -0.3 is 4.90 Å². The van der Waals surface area contributed by atoms with E-state index in [9.17, 15) is 4.79 Å². The highest BCUT2D eigenvalue weighted by atomic mass is 32.1. The fourth-order valence-electron chi connectivity index (χ4n) is 2.17. The van der Waals surface area contributed by atoms with Gasteiger partial charge in [-0.15, -0.1) is 11.3 Å². The van der Waals surface area contributed by atoms with Crippen LogP contribution < -0.4 is 0 Å². The van der Waals surface area contributed by atoms with Crippen LogP contribution in [0.15, 0.2) is 35.7 Å². The van der Waals surface area contributed by atoms with Crippen LogP contribution in [-0.4, -0.2) is 28.9 Å². The van der Waals surface area contributed by atoms with Crippen LogP contribution in [0, 0.1) is 0 Å². The van der Waals surface area contributed by atoms with Crippen LogP contribution in [-0.2, 0) is 0 Å². The predicted molar refractivity (Wildman–Crippen MR) is 72.7 cm³/mol. The van der Waals surface area contributed by atoms with E-state index in [0.29, 0.717) is 5.69 Å². The number of nitrogens with zero attached hydrogens (tertiary/aromatic N) is 2. The average molecular weight is 258 g/mol. The minimum Gasteiger partial charge on any atom is -0.337 e. The molecule has 2 heterocycles. The summed E-state index contributed by atoms with van der Waals surface area (Å²) in [5, 5.41) is 2.78. The van der Waals surface area contributed by atoms with Crippen molar-refractivity contribution >= 4 is 17.2 Å². The molecular weight excluding hydrogens is 244 g/mol. The van der Waals surface area contributed by atoms with Gasteiger partial charge in [0.1, 0.15) is 10.7 Å². The van der Waals surface area contributed by atoms with Gasteiger partial charge in [0, 0.05) is 24.0 Å². The van der Waals surface area contributed by atoms with E-state index >= 15 is 0 Å². The molecule has 2 aromatic rings. The van der Waals surface area contributed by atoms with Gasteiger partial charge in [-0.05, 0) is 12.8 Å². The zero-order valence-electron chi connectivity index (χ0n) is 10.0. The third-order valence-electron chi connectivity index (χ3n) is 3.14. The first-order chi connectivity index (χ1) is 8.84. The van der Waals surface area contributed by atoms with Crippen molar-refractivity contribution in [2.75, 3.05) is 13.1 Å². The van der Waals surface area contributed by atoms with Gasteiger partial charge in [-0.2, -0.15) is 0 Å². The van der Waals surface area contributed by atoms with Gasteiger partial charge in [-0.1, -0.05) is 30.3 Å². The third-order valence-corrected chi connectivity index (χ3v) is 4.03. The molecule has 4 heteroatoms. The number of thiazole rings is 1. The summed E-state index contributed by atoms with van der Waals surface area (Å²) in [6, 6.07) is 9.98. The van der Waals surface area contributed by atoms with E-state index < -0.39 is 0 Å². The maximum absolute atomic E-state index is 12.2. The number of likely N-dealkylation sites (tertiary alicyclic amines) is 1. The molecule has 0 saturated carbocycles. The Morgan fingerprint density at radius 2 is 1.89 bits per heavy atom. The zero-order valence-corrected chi connectivity index (χ0v) is 10.8. The summed E-state index contributed by atoms with van der Waals surface area (Å²) in [5.41, 5.74) is 1.66. The molecule has 0 atom stereocenters. The molecule has 92 valence electrons. The summed E-state index contributed by atoms with van der Waals surface area (Å²) in [4.78, 5) is 18.5. The van der Waals surface area contributed by atoms with Crippen LogP contribution in [0.1, 0.15) is 23.3 Å². The minimum absolute atomic E-state index is 0.0749. The predicted octanol–water partition coefficient (Wildman–Crippen LogP) is 3.05. The molecule has 0 radical (unpaired) electrons. The summed E-state index contributed by atoms with van der Waals surface area (Å²) in [7, 11) is 0. The van der Waals surface area contributed by atoms with Crippen LogP contribution in [0.3, 0.4) is 0 Å². The van der Waals surface area contributed by atoms with Crippen LogP contribution in [0.4, 0.5) is 0 Å². The van der Waals surface area contributed by atoms with E-state index in [1.165, 1.54) is 11.3 Å². The summed E-state index contributed by atoms with van der Waals surface area (Å²) in [5.74, 6) is 0.0749. The van der Waals surface area contributed by atoms with Crippen LogP contribution >= 0.6 is 11.3 Å². The number of carbonyl (C=O) groups excluding carboxylic acids is 1. The molecule has 1 aromatic carbocycles. The maximum atomic E-state index is 12.2. The molecule has 0 N–H and O–H groups in total. The topological polar surface area (TPSA) is 33.2 Å². The highest BCUT2D eigenvalue weighted by Gasteiger charge is 2.21. The van der Waals surface area contributed by atoms with E-state index in [1.54, 1.807) is 0 Å². The SMILES string of the molecule is O=C(c1csc(-c2ccccc2)n1)N1CCCC1. The van der Waals surface area contributed by atoms with Gasteiger partial charge >= 0.3 is 0 Å². The molecule has 1 aromatic heterocycles. The van der Waals surface area contributed by atoms with Gasteiger partial charge in [0.15, 0.2) is 0 Å². The van der Waals surface area contributed by atoms with Crippen LogP contribution in [0.25, 0.3) is 10.6 Å². The largest absolute Gasteiger partial charge is 0.337 e. The summed E-state index contributed by atoms with van der Waals surface area (Å²) in [6.45, 7) is 1.74. The van der Waals surface area contributed by atoms with Crippen LogP contribution in [0.2, 0.25) is 0 Å². The van der Waals surface area contributed by atoms with Gasteiger partial charge in [-0.3, -0.25) is 4.79 Å². The summed E-state index contributed by atoms with van der Waals surface area (Å²) < 4.78 is 0. The monoisotopic (exact) mass is 258 g/mol. The molecule has 1 aliphatic heterocycles. The molecule has 18 heavy (non-hydrogen) atoms. The van der Waals surface area contributed by atoms with Gasteiger partial charge in [0.05, 0.1) is 0 Å². The number of amides is 1. The molecule has 0 aliphatic carbocycles. The Kier molecular flexibility index (Phi) is 3.11. The number of rotatable bonds is 2. The molecule has 1 saturated heterocycles. The Morgan fingerprint density at radius 3 is 2.61 bits per heavy atom. The fraction of sp³-hybridized carbons (Fsp3) is 0.286. The summed E-state index contributed by atoms with van der Waals surface area (Å²) >= 11 is 1.53. The highest BCUT2D eigenvalue weighted by Crippen LogP contribution is 2.24. The Hall–Kier alpha value is -1.68. The number of carbonyl (C=O) groups is 1. The van der Waals surface area contributed by atoms with Crippen molar-refractivity contribution in [2.45, 2.75) is 12.8 Å².